The molecule has 0 saturated heterocycles. The summed E-state index contributed by atoms with van der Waals surface area (Å²) < 4.78 is 1.73. The van der Waals surface area contributed by atoms with E-state index < -0.39 is 5.60 Å². The Morgan fingerprint density at radius 3 is 2.53 bits per heavy atom. The van der Waals surface area contributed by atoms with Crippen molar-refractivity contribution in [2.45, 2.75) is 32.4 Å². The first-order valence-corrected chi connectivity index (χ1v) is 5.89. The number of aliphatic hydroxyl groups is 1. The van der Waals surface area contributed by atoms with Gasteiger partial charge < -0.3 is 5.11 Å². The molecule has 0 bridgehead atoms. The van der Waals surface area contributed by atoms with Crippen LogP contribution in [0, 0.1) is 0 Å². The maximum absolute atomic E-state index is 10.9. The first-order valence-electron chi connectivity index (χ1n) is 5.89. The monoisotopic (exact) mass is 231 g/mol. The second kappa shape index (κ2) is 4.67. The Hall–Kier alpha value is -1.68. The summed E-state index contributed by atoms with van der Waals surface area (Å²) in [7, 11) is 0. The lowest BCUT2D eigenvalue weighted by molar-refractivity contribution is 0.0667. The topological polar surface area (TPSA) is 50.9 Å². The zero-order valence-electron chi connectivity index (χ0n) is 10.2. The van der Waals surface area contributed by atoms with Gasteiger partial charge in [0.05, 0.1) is 11.9 Å². The molecule has 0 fully saturated rings. The van der Waals surface area contributed by atoms with Gasteiger partial charge in [-0.25, -0.2) is 4.68 Å². The van der Waals surface area contributed by atoms with Crippen molar-refractivity contribution in [2.75, 3.05) is 0 Å². The van der Waals surface area contributed by atoms with Gasteiger partial charge in [-0.15, -0.1) is 5.10 Å². The molecule has 1 unspecified atom stereocenters. The van der Waals surface area contributed by atoms with E-state index in [9.17, 15) is 5.11 Å². The lowest BCUT2D eigenvalue weighted by Crippen LogP contribution is -2.29. The fourth-order valence-electron chi connectivity index (χ4n) is 2.06. The molecule has 2 aromatic rings. The van der Waals surface area contributed by atoms with Crippen molar-refractivity contribution in [3.8, 4) is 0 Å². The van der Waals surface area contributed by atoms with E-state index >= 15 is 0 Å². The van der Waals surface area contributed by atoms with Gasteiger partial charge in [0, 0.05) is 6.54 Å². The lowest BCUT2D eigenvalue weighted by Gasteiger charge is -2.27. The average molecular weight is 231 g/mol. The number of hydrogen-bond acceptors (Lipinski definition) is 3. The highest BCUT2D eigenvalue weighted by Gasteiger charge is 2.33. The normalized spacial score (nSPS) is 14.5. The Bertz CT molecular complexity index is 480. The molecular weight excluding hydrogens is 214 g/mol. The van der Waals surface area contributed by atoms with Crippen LogP contribution in [0.25, 0.3) is 0 Å². The van der Waals surface area contributed by atoms with E-state index in [0.29, 0.717) is 13.0 Å². The van der Waals surface area contributed by atoms with Gasteiger partial charge in [-0.1, -0.05) is 42.5 Å². The van der Waals surface area contributed by atoms with Gasteiger partial charge in [-0.05, 0) is 18.9 Å². The Kier molecular flexibility index (Phi) is 3.24. The molecular formula is C13H17N3O. The van der Waals surface area contributed by atoms with Crippen LogP contribution in [-0.2, 0) is 12.1 Å². The van der Waals surface area contributed by atoms with E-state index in [0.717, 1.165) is 11.3 Å². The van der Waals surface area contributed by atoms with Gasteiger partial charge in [-0.2, -0.15) is 0 Å². The van der Waals surface area contributed by atoms with Crippen LogP contribution in [-0.4, -0.2) is 20.1 Å². The third-order valence-corrected chi connectivity index (χ3v) is 3.10. The molecule has 0 aliphatic rings. The van der Waals surface area contributed by atoms with Gasteiger partial charge in [0.15, 0.2) is 0 Å². The summed E-state index contributed by atoms with van der Waals surface area (Å²) in [4.78, 5) is 0. The van der Waals surface area contributed by atoms with E-state index in [1.165, 1.54) is 0 Å². The number of nitrogens with zero attached hydrogens (tertiary/aromatic N) is 3. The Labute approximate surface area is 101 Å². The zero-order chi connectivity index (χ0) is 12.3. The molecule has 1 heterocycles. The lowest BCUT2D eigenvalue weighted by atomic mass is 9.88. The molecule has 1 aromatic carbocycles. The molecule has 0 aliphatic carbocycles. The summed E-state index contributed by atoms with van der Waals surface area (Å²) in [5.74, 6) is 0. The quantitative estimate of drug-likeness (QED) is 0.875. The first kappa shape index (κ1) is 11.8. The molecule has 1 atom stereocenters. The van der Waals surface area contributed by atoms with Crippen LogP contribution in [0.2, 0.25) is 0 Å². The van der Waals surface area contributed by atoms with E-state index in [-0.39, 0.29) is 0 Å². The molecule has 0 amide bonds. The number of benzene rings is 1. The molecule has 1 N–H and O–H groups in total. The van der Waals surface area contributed by atoms with Crippen LogP contribution >= 0.6 is 0 Å². The zero-order valence-corrected chi connectivity index (χ0v) is 10.2. The minimum Gasteiger partial charge on any atom is -0.379 e. The minimum atomic E-state index is -1.01. The molecule has 4 heteroatoms. The summed E-state index contributed by atoms with van der Waals surface area (Å²) in [5, 5.41) is 18.7. The van der Waals surface area contributed by atoms with Crippen LogP contribution in [0.1, 0.15) is 31.5 Å². The SMILES string of the molecule is CCn1nncc1C(O)(CC)c1ccccc1. The smallest absolute Gasteiger partial charge is 0.132 e. The third-order valence-electron chi connectivity index (χ3n) is 3.10. The molecule has 0 saturated carbocycles. The predicted molar refractivity (Wildman–Crippen MR) is 65.4 cm³/mol. The highest BCUT2D eigenvalue weighted by molar-refractivity contribution is 5.30. The van der Waals surface area contributed by atoms with Crippen molar-refractivity contribution in [3.63, 3.8) is 0 Å². The summed E-state index contributed by atoms with van der Waals surface area (Å²) >= 11 is 0. The van der Waals surface area contributed by atoms with Gasteiger partial charge in [0.1, 0.15) is 5.60 Å². The van der Waals surface area contributed by atoms with Gasteiger partial charge in [0.2, 0.25) is 0 Å². The van der Waals surface area contributed by atoms with Crippen LogP contribution in [0.3, 0.4) is 0 Å². The van der Waals surface area contributed by atoms with Gasteiger partial charge in [0.25, 0.3) is 0 Å². The summed E-state index contributed by atoms with van der Waals surface area (Å²) in [6.45, 7) is 4.64. The van der Waals surface area contributed by atoms with Crippen molar-refractivity contribution in [1.29, 1.82) is 0 Å². The van der Waals surface area contributed by atoms with E-state index in [2.05, 4.69) is 10.3 Å². The summed E-state index contributed by atoms with van der Waals surface area (Å²) in [5.41, 5.74) is 0.606. The van der Waals surface area contributed by atoms with Crippen LogP contribution in [0.4, 0.5) is 0 Å². The predicted octanol–water partition coefficient (Wildman–Crippen LogP) is 1.94. The first-order chi connectivity index (χ1) is 8.22. The van der Waals surface area contributed by atoms with Crippen molar-refractivity contribution >= 4 is 0 Å². The molecule has 4 nitrogen and oxygen atoms in total. The number of hydrogen-bond donors (Lipinski definition) is 1. The van der Waals surface area contributed by atoms with E-state index in [4.69, 9.17) is 0 Å². The summed E-state index contributed by atoms with van der Waals surface area (Å²) in [6.07, 6.45) is 2.23. The average Bonchev–Trinajstić information content (AvgIpc) is 2.87. The van der Waals surface area contributed by atoms with Crippen LogP contribution < -0.4 is 0 Å². The standard InChI is InChI=1S/C13H17N3O/c1-3-13(17,11-8-6-5-7-9-11)12-10-14-15-16(12)4-2/h5-10,17H,3-4H2,1-2H3. The molecule has 0 radical (unpaired) electrons. The molecule has 90 valence electrons. The van der Waals surface area contributed by atoms with Crippen molar-refractivity contribution in [2.24, 2.45) is 0 Å². The van der Waals surface area contributed by atoms with Crippen LogP contribution in [0.5, 0.6) is 0 Å². The Morgan fingerprint density at radius 2 is 1.94 bits per heavy atom. The highest BCUT2D eigenvalue weighted by Crippen LogP contribution is 2.31. The number of aromatic nitrogens is 3. The second-order valence-electron chi connectivity index (χ2n) is 4.01. The molecule has 2 rings (SSSR count). The maximum atomic E-state index is 10.9. The van der Waals surface area contributed by atoms with Gasteiger partial charge >= 0.3 is 0 Å². The van der Waals surface area contributed by atoms with Crippen molar-refractivity contribution in [3.05, 3.63) is 47.8 Å². The van der Waals surface area contributed by atoms with Crippen molar-refractivity contribution < 1.29 is 5.11 Å². The van der Waals surface area contributed by atoms with Gasteiger partial charge in [-0.3, -0.25) is 0 Å². The third kappa shape index (κ3) is 1.96. The van der Waals surface area contributed by atoms with E-state index in [1.54, 1.807) is 10.9 Å². The largest absolute Gasteiger partial charge is 0.379 e. The maximum Gasteiger partial charge on any atom is 0.132 e. The fourth-order valence-corrected chi connectivity index (χ4v) is 2.06. The highest BCUT2D eigenvalue weighted by atomic mass is 16.3. The second-order valence-corrected chi connectivity index (χ2v) is 4.01. The Balaban J connectivity index is 2.52. The molecule has 1 aromatic heterocycles. The minimum absolute atomic E-state index is 0.588. The van der Waals surface area contributed by atoms with Crippen molar-refractivity contribution in [1.82, 2.24) is 15.0 Å². The molecule has 17 heavy (non-hydrogen) atoms. The number of aryl methyl sites for hydroxylation is 1. The summed E-state index contributed by atoms with van der Waals surface area (Å²) in [6, 6.07) is 9.65. The molecule has 0 spiro atoms. The molecule has 0 aliphatic heterocycles. The Morgan fingerprint density at radius 1 is 1.24 bits per heavy atom. The number of rotatable bonds is 4. The fraction of sp³-hybridized carbons (Fsp3) is 0.385. The van der Waals surface area contributed by atoms with Crippen LogP contribution in [0.15, 0.2) is 36.5 Å². The van der Waals surface area contributed by atoms with E-state index in [1.807, 2.05) is 44.2 Å².